The molecule has 6 atom stereocenters. The molecule has 0 unspecified atom stereocenters. The molecule has 1 saturated carbocycles. The Bertz CT molecular complexity index is 1750. The third-order valence-electron chi connectivity index (χ3n) is 13.1. The normalized spacial score (nSPS) is 22.9. The summed E-state index contributed by atoms with van der Waals surface area (Å²) >= 11 is 1.68. The molecule has 2 aromatic rings. The van der Waals surface area contributed by atoms with Crippen molar-refractivity contribution >= 4 is 23.4 Å². The number of allylic oxidation sites excluding steroid dienone is 1. The Balaban J connectivity index is 1.64. The van der Waals surface area contributed by atoms with Crippen LogP contribution in [0.25, 0.3) is 0 Å². The van der Waals surface area contributed by atoms with Crippen LogP contribution in [0, 0.1) is 17.8 Å². The van der Waals surface area contributed by atoms with Crippen LogP contribution < -0.4 is 9.47 Å². The summed E-state index contributed by atoms with van der Waals surface area (Å²) < 4.78 is 27.0. The van der Waals surface area contributed by atoms with Crippen molar-refractivity contribution in [3.63, 3.8) is 0 Å². The number of hydrogen-bond acceptors (Lipinski definition) is 11. The van der Waals surface area contributed by atoms with E-state index in [2.05, 4.69) is 44.0 Å². The molecule has 3 N–H and O–H groups in total. The van der Waals surface area contributed by atoms with Gasteiger partial charge in [-0.15, -0.1) is 18.3 Å². The maximum absolute atomic E-state index is 14.9. The number of amides is 1. The second-order valence-electron chi connectivity index (χ2n) is 17.5. The highest BCUT2D eigenvalue weighted by molar-refractivity contribution is 7.98. The molecule has 1 fully saturated rings. The molecular weight excluding hydrogens is 829 g/mol. The first-order valence-corrected chi connectivity index (χ1v) is 25.6. The van der Waals surface area contributed by atoms with Gasteiger partial charge in [0.1, 0.15) is 29.9 Å². The fourth-order valence-electron chi connectivity index (χ4n) is 10.1. The molecule has 1 amide bonds. The van der Waals surface area contributed by atoms with Crippen LogP contribution in [0.15, 0.2) is 76.8 Å². The van der Waals surface area contributed by atoms with E-state index in [-0.39, 0.29) is 69.8 Å². The molecule has 0 radical (unpaired) electrons. The molecule has 356 valence electrons. The summed E-state index contributed by atoms with van der Waals surface area (Å²) in [5, 5.41) is 34.4. The van der Waals surface area contributed by atoms with E-state index in [1.54, 1.807) is 17.8 Å². The standard InChI is InChI=1S/C52H78N2O9S/c1-5-8-9-10-11-12-13-14-15-22-49(58)54(29-34-59-35-32-57)48-38-46(53-61-7-3)44-36-39(20-16-18-30-55)43(21-17-19-31-56)50-45-37-41(62-40-23-26-42(64-4)27-24-40)25-28-47(45)63-52(48,51(44)50)60-33-6-2/h6,23-28,36-37,39,43,48,50-51,55-57H,2,5,7-22,29-35,38H2,1,3-4H3/t39-,43+,48-,50+,51+,52+/m0/s1. The molecule has 11 nitrogen and oxygen atoms in total. The number of unbranched alkanes of at least 4 members (excludes halogenated alkanes) is 10. The molecule has 12 heteroatoms. The Morgan fingerprint density at radius 2 is 1.59 bits per heavy atom. The summed E-state index contributed by atoms with van der Waals surface area (Å²) in [5.41, 5.74) is 2.77. The smallest absolute Gasteiger partial charge is 0.239 e. The van der Waals surface area contributed by atoms with E-state index in [1.165, 1.54) is 38.5 Å². The average molecular weight is 907 g/mol. The number of benzene rings is 2. The zero-order chi connectivity index (χ0) is 45.6. The SMILES string of the molecule is C=CCO[C@@]12Oc3ccc(Oc4ccc(SC)cc4)cc3[C@H]3[C@H](CCCCO)[C@@H](CCCCO)C=C(C(=NOCC)C[C@@H]1N(CCOCCO)C(=O)CCCCCCCCCCC)[C@H]32. The number of aliphatic hydroxyl groups is 3. The van der Waals surface area contributed by atoms with E-state index in [9.17, 15) is 20.1 Å². The van der Waals surface area contributed by atoms with Gasteiger partial charge in [0.2, 0.25) is 11.7 Å². The highest BCUT2D eigenvalue weighted by Gasteiger charge is 2.65. The molecule has 1 aliphatic heterocycles. The first kappa shape index (κ1) is 51.6. The summed E-state index contributed by atoms with van der Waals surface area (Å²) in [6.07, 6.45) is 22.0. The first-order chi connectivity index (χ1) is 31.4. The van der Waals surface area contributed by atoms with Gasteiger partial charge >= 0.3 is 0 Å². The van der Waals surface area contributed by atoms with Crippen molar-refractivity contribution in [2.24, 2.45) is 22.9 Å². The predicted molar refractivity (Wildman–Crippen MR) is 256 cm³/mol. The van der Waals surface area contributed by atoms with Crippen molar-refractivity contribution in [3.8, 4) is 17.2 Å². The fraction of sp³-hybridized carbons (Fsp3) is 0.654. The molecule has 0 aromatic heterocycles. The van der Waals surface area contributed by atoms with Gasteiger partial charge in [0.05, 0.1) is 38.1 Å². The zero-order valence-corrected chi connectivity index (χ0v) is 39.9. The van der Waals surface area contributed by atoms with Crippen molar-refractivity contribution in [1.82, 2.24) is 4.90 Å². The van der Waals surface area contributed by atoms with Crippen molar-refractivity contribution < 1.29 is 43.9 Å². The fourth-order valence-corrected chi connectivity index (χ4v) is 10.6. The van der Waals surface area contributed by atoms with E-state index in [4.69, 9.17) is 28.9 Å². The lowest BCUT2D eigenvalue weighted by Gasteiger charge is -2.60. The number of hydrogen-bond donors (Lipinski definition) is 3. The van der Waals surface area contributed by atoms with Crippen LogP contribution in [-0.2, 0) is 19.1 Å². The molecule has 1 heterocycles. The van der Waals surface area contributed by atoms with Crippen LogP contribution in [0.2, 0.25) is 0 Å². The van der Waals surface area contributed by atoms with Crippen LogP contribution >= 0.6 is 11.8 Å². The van der Waals surface area contributed by atoms with Crippen LogP contribution in [0.5, 0.6) is 17.2 Å². The number of fused-ring (bicyclic) bond motifs is 2. The lowest BCUT2D eigenvalue weighted by Crippen LogP contribution is -2.70. The summed E-state index contributed by atoms with van der Waals surface area (Å²) in [5.74, 6) is 0.387. The van der Waals surface area contributed by atoms with Crippen LogP contribution in [0.1, 0.15) is 134 Å². The van der Waals surface area contributed by atoms with Gasteiger partial charge in [-0.05, 0) is 105 Å². The highest BCUT2D eigenvalue weighted by atomic mass is 32.2. The summed E-state index contributed by atoms with van der Waals surface area (Å²) in [6.45, 7) is 9.60. The molecule has 5 rings (SSSR count). The van der Waals surface area contributed by atoms with E-state index in [0.29, 0.717) is 43.8 Å². The van der Waals surface area contributed by atoms with E-state index < -0.39 is 17.7 Å². The highest BCUT2D eigenvalue weighted by Crippen LogP contribution is 2.62. The summed E-state index contributed by atoms with van der Waals surface area (Å²) in [7, 11) is 0. The maximum Gasteiger partial charge on any atom is 0.239 e. The van der Waals surface area contributed by atoms with Gasteiger partial charge in [0, 0.05) is 49.0 Å². The van der Waals surface area contributed by atoms with Crippen LogP contribution in [0.3, 0.4) is 0 Å². The minimum absolute atomic E-state index is 0.00434. The molecule has 3 aliphatic rings. The number of aliphatic hydroxyl groups excluding tert-OH is 3. The van der Waals surface area contributed by atoms with Crippen molar-refractivity contribution in [1.29, 1.82) is 0 Å². The number of rotatable bonds is 32. The second-order valence-corrected chi connectivity index (χ2v) is 18.3. The zero-order valence-electron chi connectivity index (χ0n) is 39.1. The Morgan fingerprint density at radius 1 is 0.891 bits per heavy atom. The molecule has 0 saturated heterocycles. The number of carbonyl (C=O) groups is 1. The van der Waals surface area contributed by atoms with Gasteiger partial charge in [-0.25, -0.2) is 0 Å². The van der Waals surface area contributed by atoms with Gasteiger partial charge in [0.25, 0.3) is 0 Å². The maximum atomic E-state index is 14.9. The van der Waals surface area contributed by atoms with Crippen molar-refractivity contribution in [2.45, 2.75) is 146 Å². The molecule has 2 aliphatic carbocycles. The van der Waals surface area contributed by atoms with Gasteiger partial charge < -0.3 is 44.0 Å². The quantitative estimate of drug-likeness (QED) is 0.0281. The molecular formula is C52H78N2O9S. The van der Waals surface area contributed by atoms with Gasteiger partial charge in [-0.2, -0.15) is 0 Å². The second kappa shape index (κ2) is 27.9. The van der Waals surface area contributed by atoms with E-state index in [1.807, 2.05) is 36.1 Å². The average Bonchev–Trinajstić information content (AvgIpc) is 3.31. The topological polar surface area (TPSA) is 140 Å². The molecule has 0 spiro atoms. The monoisotopic (exact) mass is 907 g/mol. The lowest BCUT2D eigenvalue weighted by molar-refractivity contribution is -0.258. The van der Waals surface area contributed by atoms with E-state index in [0.717, 1.165) is 72.4 Å². The number of carbonyl (C=O) groups excluding carboxylic acids is 1. The van der Waals surface area contributed by atoms with Gasteiger partial charge in [0.15, 0.2) is 0 Å². The Morgan fingerprint density at radius 3 is 2.27 bits per heavy atom. The number of thioether (sulfide) groups is 1. The minimum Gasteiger partial charge on any atom is -0.459 e. The van der Waals surface area contributed by atoms with Gasteiger partial charge in [-0.1, -0.05) is 88.4 Å². The molecule has 0 bridgehead atoms. The lowest BCUT2D eigenvalue weighted by atomic mass is 9.55. The third-order valence-corrected chi connectivity index (χ3v) is 13.9. The summed E-state index contributed by atoms with van der Waals surface area (Å²) in [4.78, 5) is 23.8. The Hall–Kier alpha value is -3.39. The van der Waals surface area contributed by atoms with Gasteiger partial charge in [-0.3, -0.25) is 4.79 Å². The first-order valence-electron chi connectivity index (χ1n) is 24.4. The van der Waals surface area contributed by atoms with Crippen molar-refractivity contribution in [2.75, 3.05) is 59.0 Å². The number of nitrogens with zero attached hydrogens (tertiary/aromatic N) is 2. The van der Waals surface area contributed by atoms with Crippen LogP contribution in [-0.4, -0.2) is 103 Å². The largest absolute Gasteiger partial charge is 0.459 e. The molecule has 64 heavy (non-hydrogen) atoms. The van der Waals surface area contributed by atoms with Crippen LogP contribution in [0.4, 0.5) is 0 Å². The third kappa shape index (κ3) is 13.8. The Labute approximate surface area is 388 Å². The number of ether oxygens (including phenoxy) is 4. The minimum atomic E-state index is -1.35. The number of oxime groups is 1. The Kier molecular flexibility index (Phi) is 22.5. The van der Waals surface area contributed by atoms with Crippen molar-refractivity contribution in [3.05, 3.63) is 72.3 Å². The summed E-state index contributed by atoms with van der Waals surface area (Å²) in [6, 6.07) is 13.5. The predicted octanol–water partition coefficient (Wildman–Crippen LogP) is 10.6. The van der Waals surface area contributed by atoms with E-state index >= 15 is 0 Å². The molecule has 2 aromatic carbocycles.